The van der Waals surface area contributed by atoms with Gasteiger partial charge in [-0.25, -0.2) is 5.43 Å². The quantitative estimate of drug-likeness (QED) is 0.562. The largest absolute Gasteiger partial charge is 0.484 e. The third-order valence-electron chi connectivity index (χ3n) is 3.41. The van der Waals surface area contributed by atoms with Gasteiger partial charge >= 0.3 is 0 Å². The fourth-order valence-electron chi connectivity index (χ4n) is 2.19. The average molecular weight is 307 g/mol. The van der Waals surface area contributed by atoms with E-state index >= 15 is 0 Å². The first-order valence-electron chi connectivity index (χ1n) is 7.30. The summed E-state index contributed by atoms with van der Waals surface area (Å²) >= 11 is 0. The lowest BCUT2D eigenvalue weighted by atomic mass is 10.2. The third-order valence-corrected chi connectivity index (χ3v) is 3.41. The van der Waals surface area contributed by atoms with Gasteiger partial charge in [-0.2, -0.15) is 5.10 Å². The summed E-state index contributed by atoms with van der Waals surface area (Å²) in [5.74, 6) is 0.355. The van der Waals surface area contributed by atoms with E-state index in [2.05, 4.69) is 15.5 Å². The van der Waals surface area contributed by atoms with Crippen LogP contribution in [0, 0.1) is 6.92 Å². The summed E-state index contributed by atoms with van der Waals surface area (Å²) < 4.78 is 5.39. The molecule has 0 fully saturated rings. The lowest BCUT2D eigenvalue weighted by Crippen LogP contribution is -2.24. The number of fused-ring (bicyclic) bond motifs is 1. The molecule has 2 aromatic carbocycles. The van der Waals surface area contributed by atoms with Gasteiger partial charge in [0.2, 0.25) is 0 Å². The smallest absolute Gasteiger partial charge is 0.277 e. The van der Waals surface area contributed by atoms with Crippen molar-refractivity contribution in [3.05, 3.63) is 65.9 Å². The SMILES string of the molecule is Cc1ccc(OCC(=O)NN=Cc2c[nH]c3ccccc23)cc1. The second-order valence-corrected chi connectivity index (χ2v) is 5.18. The van der Waals surface area contributed by atoms with E-state index < -0.39 is 0 Å². The van der Waals surface area contributed by atoms with Crippen molar-refractivity contribution in [1.82, 2.24) is 10.4 Å². The normalized spacial score (nSPS) is 11.0. The van der Waals surface area contributed by atoms with E-state index in [4.69, 9.17) is 4.74 Å². The average Bonchev–Trinajstić information content (AvgIpc) is 2.98. The summed E-state index contributed by atoms with van der Waals surface area (Å²) in [6, 6.07) is 15.4. The van der Waals surface area contributed by atoms with Crippen LogP contribution in [0.3, 0.4) is 0 Å². The number of hydrogen-bond acceptors (Lipinski definition) is 3. The Labute approximate surface area is 134 Å². The molecule has 5 nitrogen and oxygen atoms in total. The highest BCUT2D eigenvalue weighted by atomic mass is 16.5. The van der Waals surface area contributed by atoms with Crippen LogP contribution >= 0.6 is 0 Å². The molecule has 5 heteroatoms. The Balaban J connectivity index is 1.53. The van der Waals surface area contributed by atoms with Gasteiger partial charge in [-0.15, -0.1) is 0 Å². The molecule has 0 saturated carbocycles. The highest BCUT2D eigenvalue weighted by molar-refractivity contribution is 5.99. The molecule has 1 heterocycles. The lowest BCUT2D eigenvalue weighted by molar-refractivity contribution is -0.123. The molecule has 1 amide bonds. The number of amides is 1. The minimum Gasteiger partial charge on any atom is -0.484 e. The van der Waals surface area contributed by atoms with Gasteiger partial charge in [-0.1, -0.05) is 35.9 Å². The predicted molar refractivity (Wildman–Crippen MR) is 90.7 cm³/mol. The molecular weight excluding hydrogens is 290 g/mol. The van der Waals surface area contributed by atoms with Gasteiger partial charge in [-0.3, -0.25) is 4.79 Å². The number of para-hydroxylation sites is 1. The number of rotatable bonds is 5. The summed E-state index contributed by atoms with van der Waals surface area (Å²) in [6.45, 7) is 1.92. The monoisotopic (exact) mass is 307 g/mol. The van der Waals surface area contributed by atoms with Gasteiger partial charge in [-0.05, 0) is 25.1 Å². The van der Waals surface area contributed by atoms with E-state index in [9.17, 15) is 4.79 Å². The molecule has 0 spiro atoms. The standard InChI is InChI=1S/C18H17N3O2/c1-13-6-8-15(9-7-13)23-12-18(22)21-20-11-14-10-19-17-5-3-2-4-16(14)17/h2-11,19H,12H2,1H3,(H,21,22). The van der Waals surface area contributed by atoms with Crippen LogP contribution < -0.4 is 10.2 Å². The van der Waals surface area contributed by atoms with Crippen molar-refractivity contribution in [2.75, 3.05) is 6.61 Å². The first-order valence-corrected chi connectivity index (χ1v) is 7.30. The van der Waals surface area contributed by atoms with Gasteiger partial charge in [0, 0.05) is 22.7 Å². The predicted octanol–water partition coefficient (Wildman–Crippen LogP) is 3.01. The Morgan fingerprint density at radius 2 is 2.00 bits per heavy atom. The fraction of sp³-hybridized carbons (Fsp3) is 0.111. The van der Waals surface area contributed by atoms with Gasteiger partial charge in [0.15, 0.2) is 6.61 Å². The molecule has 0 aliphatic rings. The molecule has 3 aromatic rings. The zero-order valence-electron chi connectivity index (χ0n) is 12.7. The molecule has 23 heavy (non-hydrogen) atoms. The van der Waals surface area contributed by atoms with Crippen molar-refractivity contribution >= 4 is 23.0 Å². The summed E-state index contributed by atoms with van der Waals surface area (Å²) in [5.41, 5.74) is 5.55. The van der Waals surface area contributed by atoms with Crippen LogP contribution in [0.1, 0.15) is 11.1 Å². The molecule has 0 saturated heterocycles. The number of carbonyl (C=O) groups is 1. The second-order valence-electron chi connectivity index (χ2n) is 5.18. The highest BCUT2D eigenvalue weighted by Gasteiger charge is 2.02. The van der Waals surface area contributed by atoms with Crippen LogP contribution in [0.25, 0.3) is 10.9 Å². The first-order chi connectivity index (χ1) is 11.2. The van der Waals surface area contributed by atoms with E-state index in [0.717, 1.165) is 22.0 Å². The van der Waals surface area contributed by atoms with Crippen LogP contribution in [0.4, 0.5) is 0 Å². The van der Waals surface area contributed by atoms with Gasteiger partial charge in [0.25, 0.3) is 5.91 Å². The van der Waals surface area contributed by atoms with Crippen molar-refractivity contribution in [3.8, 4) is 5.75 Å². The van der Waals surface area contributed by atoms with Crippen molar-refractivity contribution < 1.29 is 9.53 Å². The number of hydrogen-bond donors (Lipinski definition) is 2. The number of carbonyl (C=O) groups excluding carboxylic acids is 1. The number of aryl methyl sites for hydroxylation is 1. The zero-order valence-corrected chi connectivity index (χ0v) is 12.7. The summed E-state index contributed by atoms with van der Waals surface area (Å²) in [4.78, 5) is 14.9. The van der Waals surface area contributed by atoms with Gasteiger partial charge in [0.05, 0.1) is 6.21 Å². The molecule has 0 unspecified atom stereocenters. The molecule has 1 aromatic heterocycles. The summed E-state index contributed by atoms with van der Waals surface area (Å²) in [5, 5.41) is 5.02. The van der Waals surface area contributed by atoms with E-state index in [-0.39, 0.29) is 12.5 Å². The van der Waals surface area contributed by atoms with E-state index in [1.807, 2.05) is 61.7 Å². The number of aromatic nitrogens is 1. The topological polar surface area (TPSA) is 66.5 Å². The number of benzene rings is 2. The Bertz CT molecular complexity index is 835. The van der Waals surface area contributed by atoms with Crippen molar-refractivity contribution in [3.63, 3.8) is 0 Å². The van der Waals surface area contributed by atoms with Gasteiger partial charge in [0.1, 0.15) is 5.75 Å². The Morgan fingerprint density at radius 1 is 1.22 bits per heavy atom. The first kappa shape index (κ1) is 14.8. The molecule has 116 valence electrons. The molecule has 0 aliphatic carbocycles. The molecule has 3 rings (SSSR count). The third kappa shape index (κ3) is 3.77. The number of nitrogens with one attached hydrogen (secondary N) is 2. The van der Waals surface area contributed by atoms with E-state index in [0.29, 0.717) is 5.75 Å². The van der Waals surface area contributed by atoms with Crippen LogP contribution in [-0.4, -0.2) is 23.7 Å². The maximum absolute atomic E-state index is 11.7. The van der Waals surface area contributed by atoms with Crippen LogP contribution in [0.5, 0.6) is 5.75 Å². The Hall–Kier alpha value is -3.08. The number of hydrazone groups is 1. The Kier molecular flexibility index (Phi) is 4.38. The number of H-pyrrole nitrogens is 1. The molecule has 0 aliphatic heterocycles. The summed E-state index contributed by atoms with van der Waals surface area (Å²) in [6.07, 6.45) is 3.46. The maximum atomic E-state index is 11.7. The van der Waals surface area contributed by atoms with Gasteiger partial charge < -0.3 is 9.72 Å². The maximum Gasteiger partial charge on any atom is 0.277 e. The lowest BCUT2D eigenvalue weighted by Gasteiger charge is -2.04. The second kappa shape index (κ2) is 6.79. The molecule has 0 bridgehead atoms. The number of ether oxygens (including phenoxy) is 1. The summed E-state index contributed by atoms with van der Waals surface area (Å²) in [7, 11) is 0. The number of aromatic amines is 1. The zero-order chi connectivity index (χ0) is 16.1. The highest BCUT2D eigenvalue weighted by Crippen LogP contribution is 2.15. The molecule has 0 atom stereocenters. The van der Waals surface area contributed by atoms with Crippen molar-refractivity contribution in [1.29, 1.82) is 0 Å². The molecular formula is C18H17N3O2. The minimum absolute atomic E-state index is 0.0751. The van der Waals surface area contributed by atoms with Crippen molar-refractivity contribution in [2.24, 2.45) is 5.10 Å². The molecule has 2 N–H and O–H groups in total. The number of nitrogens with zero attached hydrogens (tertiary/aromatic N) is 1. The molecule has 0 radical (unpaired) electrons. The van der Waals surface area contributed by atoms with E-state index in [1.165, 1.54) is 0 Å². The van der Waals surface area contributed by atoms with Crippen LogP contribution in [-0.2, 0) is 4.79 Å². The van der Waals surface area contributed by atoms with E-state index in [1.54, 1.807) is 6.21 Å². The minimum atomic E-state index is -0.304. The Morgan fingerprint density at radius 3 is 2.83 bits per heavy atom. The fourth-order valence-corrected chi connectivity index (χ4v) is 2.19. The van der Waals surface area contributed by atoms with Crippen molar-refractivity contribution in [2.45, 2.75) is 6.92 Å². The van der Waals surface area contributed by atoms with Crippen LogP contribution in [0.15, 0.2) is 59.8 Å². The van der Waals surface area contributed by atoms with Crippen LogP contribution in [0.2, 0.25) is 0 Å².